The van der Waals surface area contributed by atoms with Gasteiger partial charge >= 0.3 is 6.03 Å². The van der Waals surface area contributed by atoms with E-state index in [0.29, 0.717) is 12.2 Å². The number of aliphatic hydroxyl groups is 1. The number of aromatic nitrogens is 2. The molecule has 3 rings (SSSR count). The minimum Gasteiger partial charge on any atom is -0.395 e. The Bertz CT molecular complexity index is 964. The summed E-state index contributed by atoms with van der Waals surface area (Å²) in [6, 6.07) is 13.5. The maximum absolute atomic E-state index is 12.8. The van der Waals surface area contributed by atoms with Crippen LogP contribution in [0.5, 0.6) is 0 Å². The molecule has 28 heavy (non-hydrogen) atoms. The van der Waals surface area contributed by atoms with Crippen LogP contribution in [-0.2, 0) is 19.5 Å². The van der Waals surface area contributed by atoms with Crippen molar-refractivity contribution in [2.45, 2.75) is 40.3 Å². The molecule has 0 saturated heterocycles. The van der Waals surface area contributed by atoms with Gasteiger partial charge in [0.1, 0.15) is 5.82 Å². The van der Waals surface area contributed by atoms with Crippen LogP contribution in [0, 0.1) is 6.92 Å². The summed E-state index contributed by atoms with van der Waals surface area (Å²) in [6.07, 6.45) is 0.866. The molecular formula is C22H28N4O2. The van der Waals surface area contributed by atoms with Crippen molar-refractivity contribution >= 4 is 22.8 Å². The third kappa shape index (κ3) is 4.17. The van der Waals surface area contributed by atoms with Crippen molar-refractivity contribution in [3.63, 3.8) is 0 Å². The zero-order chi connectivity index (χ0) is 20.1. The van der Waals surface area contributed by atoms with E-state index in [1.807, 2.05) is 49.4 Å². The Morgan fingerprint density at radius 2 is 2.00 bits per heavy atom. The van der Waals surface area contributed by atoms with Crippen molar-refractivity contribution < 1.29 is 9.90 Å². The van der Waals surface area contributed by atoms with Gasteiger partial charge in [-0.1, -0.05) is 31.2 Å². The average Bonchev–Trinajstić information content (AvgIpc) is 3.06. The smallest absolute Gasteiger partial charge is 0.322 e. The molecule has 0 aliphatic rings. The average molecular weight is 380 g/mol. The topological polar surface area (TPSA) is 70.4 Å². The van der Waals surface area contributed by atoms with Crippen LogP contribution in [0.1, 0.15) is 30.8 Å². The summed E-state index contributed by atoms with van der Waals surface area (Å²) >= 11 is 0. The first-order valence-electron chi connectivity index (χ1n) is 9.77. The molecule has 2 amide bonds. The molecule has 0 atom stereocenters. The molecule has 6 nitrogen and oxygen atoms in total. The van der Waals surface area contributed by atoms with Gasteiger partial charge in [-0.3, -0.25) is 0 Å². The number of aryl methyl sites for hydroxylation is 3. The first-order chi connectivity index (χ1) is 13.6. The number of fused-ring (bicyclic) bond motifs is 1. The van der Waals surface area contributed by atoms with Crippen molar-refractivity contribution in [2.24, 2.45) is 0 Å². The van der Waals surface area contributed by atoms with Crippen LogP contribution in [0.25, 0.3) is 11.0 Å². The van der Waals surface area contributed by atoms with Crippen molar-refractivity contribution in [1.82, 2.24) is 14.5 Å². The Kier molecular flexibility index (Phi) is 6.31. The molecule has 148 valence electrons. The van der Waals surface area contributed by atoms with E-state index in [4.69, 9.17) is 0 Å². The summed E-state index contributed by atoms with van der Waals surface area (Å²) in [6.45, 7) is 7.72. The number of imidazole rings is 1. The summed E-state index contributed by atoms with van der Waals surface area (Å²) in [5, 5.41) is 12.3. The van der Waals surface area contributed by atoms with E-state index >= 15 is 0 Å². The highest BCUT2D eigenvalue weighted by Gasteiger charge is 2.16. The third-order valence-electron chi connectivity index (χ3n) is 4.99. The number of aliphatic hydroxyl groups excluding tert-OH is 1. The van der Waals surface area contributed by atoms with Crippen LogP contribution in [0.4, 0.5) is 10.5 Å². The van der Waals surface area contributed by atoms with Crippen molar-refractivity contribution in [2.75, 3.05) is 18.5 Å². The van der Waals surface area contributed by atoms with Gasteiger partial charge in [0.05, 0.1) is 17.6 Å². The third-order valence-corrected chi connectivity index (χ3v) is 4.99. The van der Waals surface area contributed by atoms with E-state index in [1.165, 1.54) is 0 Å². The van der Waals surface area contributed by atoms with Gasteiger partial charge < -0.3 is 19.9 Å². The van der Waals surface area contributed by atoms with Crippen LogP contribution in [0.3, 0.4) is 0 Å². The number of anilines is 1. The minimum absolute atomic E-state index is 0.0842. The molecule has 0 fully saturated rings. The summed E-state index contributed by atoms with van der Waals surface area (Å²) in [5.74, 6) is 1.04. The van der Waals surface area contributed by atoms with Gasteiger partial charge in [-0.15, -0.1) is 0 Å². The lowest BCUT2D eigenvalue weighted by Crippen LogP contribution is -2.36. The summed E-state index contributed by atoms with van der Waals surface area (Å²) < 4.78 is 2.19. The molecule has 3 aromatic rings. The highest BCUT2D eigenvalue weighted by atomic mass is 16.3. The SMILES string of the molecule is CCc1nc2cc(NC(=O)N(CCO)Cc3ccccc3C)ccc2n1CC. The zero-order valence-electron chi connectivity index (χ0n) is 16.8. The molecule has 0 saturated carbocycles. The number of benzene rings is 2. The summed E-state index contributed by atoms with van der Waals surface area (Å²) in [4.78, 5) is 19.1. The van der Waals surface area contributed by atoms with E-state index in [9.17, 15) is 9.90 Å². The molecule has 1 aromatic heterocycles. The van der Waals surface area contributed by atoms with Gasteiger partial charge in [-0.2, -0.15) is 0 Å². The number of carbonyl (C=O) groups excluding carboxylic acids is 1. The van der Waals surface area contributed by atoms with E-state index in [0.717, 1.165) is 41.0 Å². The standard InChI is InChI=1S/C22H28N4O2/c1-4-21-24-19-14-18(10-11-20(19)26(21)5-2)23-22(28)25(12-13-27)15-17-9-7-6-8-16(17)3/h6-11,14,27H,4-5,12-13,15H2,1-3H3,(H,23,28). The fraction of sp³-hybridized carbons (Fsp3) is 0.364. The molecule has 0 radical (unpaired) electrons. The second kappa shape index (κ2) is 8.89. The lowest BCUT2D eigenvalue weighted by Gasteiger charge is -2.23. The normalized spacial score (nSPS) is 11.0. The number of nitrogens with zero attached hydrogens (tertiary/aromatic N) is 3. The van der Waals surface area contributed by atoms with E-state index in [2.05, 4.69) is 28.7 Å². The summed E-state index contributed by atoms with van der Waals surface area (Å²) in [7, 11) is 0. The Hall–Kier alpha value is -2.86. The quantitative estimate of drug-likeness (QED) is 0.652. The number of carbonyl (C=O) groups is 1. The van der Waals surface area contributed by atoms with Crippen molar-refractivity contribution in [3.05, 3.63) is 59.4 Å². The number of hydrogen-bond acceptors (Lipinski definition) is 3. The predicted octanol–water partition coefficient (Wildman–Crippen LogP) is 3.95. The molecule has 0 bridgehead atoms. The van der Waals surface area contributed by atoms with Crippen LogP contribution >= 0.6 is 0 Å². The fourth-order valence-electron chi connectivity index (χ4n) is 3.45. The number of amides is 2. The Morgan fingerprint density at radius 1 is 1.21 bits per heavy atom. The monoisotopic (exact) mass is 380 g/mol. The molecule has 0 aliphatic heterocycles. The van der Waals surface area contributed by atoms with Crippen LogP contribution in [0.2, 0.25) is 0 Å². The Labute approximate surface area is 165 Å². The van der Waals surface area contributed by atoms with Gasteiger partial charge in [0.2, 0.25) is 0 Å². The van der Waals surface area contributed by atoms with Gasteiger partial charge in [0.25, 0.3) is 0 Å². The summed E-state index contributed by atoms with van der Waals surface area (Å²) in [5.41, 5.74) is 4.84. The maximum atomic E-state index is 12.8. The lowest BCUT2D eigenvalue weighted by molar-refractivity contribution is 0.185. The molecule has 0 unspecified atom stereocenters. The number of rotatable bonds is 7. The fourth-order valence-corrected chi connectivity index (χ4v) is 3.45. The molecule has 2 N–H and O–H groups in total. The molecule has 0 aliphatic carbocycles. The highest BCUT2D eigenvalue weighted by Crippen LogP contribution is 2.21. The first kappa shape index (κ1) is 19.9. The Morgan fingerprint density at radius 3 is 2.68 bits per heavy atom. The van der Waals surface area contributed by atoms with Crippen LogP contribution in [-0.4, -0.2) is 38.7 Å². The second-order valence-electron chi connectivity index (χ2n) is 6.83. The largest absolute Gasteiger partial charge is 0.395 e. The molecule has 0 spiro atoms. The number of hydrogen-bond donors (Lipinski definition) is 2. The van der Waals surface area contributed by atoms with Crippen molar-refractivity contribution in [1.29, 1.82) is 0 Å². The molecular weight excluding hydrogens is 352 g/mol. The van der Waals surface area contributed by atoms with Crippen molar-refractivity contribution in [3.8, 4) is 0 Å². The van der Waals surface area contributed by atoms with E-state index in [1.54, 1.807) is 4.90 Å². The molecule has 1 heterocycles. The number of nitrogens with one attached hydrogen (secondary N) is 1. The second-order valence-corrected chi connectivity index (χ2v) is 6.83. The lowest BCUT2D eigenvalue weighted by atomic mass is 10.1. The first-order valence-corrected chi connectivity index (χ1v) is 9.77. The van der Waals surface area contributed by atoms with E-state index < -0.39 is 0 Å². The number of urea groups is 1. The van der Waals surface area contributed by atoms with Gasteiger partial charge in [0.15, 0.2) is 0 Å². The van der Waals surface area contributed by atoms with Crippen LogP contribution in [0.15, 0.2) is 42.5 Å². The zero-order valence-corrected chi connectivity index (χ0v) is 16.8. The minimum atomic E-state index is -0.234. The van der Waals surface area contributed by atoms with Crippen LogP contribution < -0.4 is 5.32 Å². The molecule has 2 aromatic carbocycles. The van der Waals surface area contributed by atoms with Gasteiger partial charge in [-0.25, -0.2) is 9.78 Å². The maximum Gasteiger partial charge on any atom is 0.322 e. The van der Waals surface area contributed by atoms with Gasteiger partial charge in [-0.05, 0) is 43.2 Å². The predicted molar refractivity (Wildman–Crippen MR) is 112 cm³/mol. The highest BCUT2D eigenvalue weighted by molar-refractivity contribution is 5.92. The molecule has 6 heteroatoms. The Balaban J connectivity index is 1.80. The van der Waals surface area contributed by atoms with E-state index in [-0.39, 0.29) is 19.2 Å². The van der Waals surface area contributed by atoms with Gasteiger partial charge in [0, 0.05) is 31.7 Å².